The van der Waals surface area contributed by atoms with Crippen LogP contribution in [-0.2, 0) is 0 Å². The molecule has 3 aromatic heterocycles. The number of nitrogens with zero attached hydrogens (tertiary/aromatic N) is 5. The molecular formula is C17H19N6P. The van der Waals surface area contributed by atoms with Gasteiger partial charge in [0.1, 0.15) is 12.0 Å². The first-order valence-electron chi connectivity index (χ1n) is 8.09. The zero-order valence-electron chi connectivity index (χ0n) is 13.3. The van der Waals surface area contributed by atoms with Gasteiger partial charge in [-0.2, -0.15) is 5.26 Å². The van der Waals surface area contributed by atoms with Gasteiger partial charge in [0.2, 0.25) is 0 Å². The number of nitrogens with one attached hydrogen (secondary N) is 1. The molecule has 1 aliphatic heterocycles. The van der Waals surface area contributed by atoms with Crippen molar-refractivity contribution in [2.75, 3.05) is 13.1 Å². The summed E-state index contributed by atoms with van der Waals surface area (Å²) in [6.45, 7) is 2.08. The molecule has 3 unspecified atom stereocenters. The topological polar surface area (TPSA) is 73.5 Å². The Morgan fingerprint density at radius 3 is 3.12 bits per heavy atom. The summed E-state index contributed by atoms with van der Waals surface area (Å²) < 4.78 is 4.45. The molecule has 1 aliphatic rings. The summed E-state index contributed by atoms with van der Waals surface area (Å²) in [5.41, 5.74) is 2.83. The highest BCUT2D eigenvalue weighted by molar-refractivity contribution is 7.13. The van der Waals surface area contributed by atoms with Crippen LogP contribution < -0.4 is 0 Å². The van der Waals surface area contributed by atoms with Crippen molar-refractivity contribution < 1.29 is 0 Å². The Labute approximate surface area is 142 Å². The number of rotatable bonds is 4. The van der Waals surface area contributed by atoms with Gasteiger partial charge in [0, 0.05) is 42.6 Å². The quantitative estimate of drug-likeness (QED) is 0.742. The molecule has 1 fully saturated rings. The molecule has 4 heterocycles. The van der Waals surface area contributed by atoms with Gasteiger partial charge in [0.05, 0.1) is 24.2 Å². The zero-order chi connectivity index (χ0) is 16.5. The van der Waals surface area contributed by atoms with E-state index in [9.17, 15) is 5.26 Å². The van der Waals surface area contributed by atoms with E-state index in [0.717, 1.165) is 41.8 Å². The van der Waals surface area contributed by atoms with Gasteiger partial charge in [-0.25, -0.2) is 9.97 Å². The maximum absolute atomic E-state index is 9.25. The molecule has 0 aliphatic carbocycles. The molecule has 1 saturated heterocycles. The third-order valence-electron chi connectivity index (χ3n) is 4.83. The van der Waals surface area contributed by atoms with Crippen molar-refractivity contribution in [1.82, 2.24) is 24.2 Å². The summed E-state index contributed by atoms with van der Waals surface area (Å²) in [5, 5.41) is 10.3. The highest BCUT2D eigenvalue weighted by Gasteiger charge is 2.29. The van der Waals surface area contributed by atoms with E-state index in [4.69, 9.17) is 0 Å². The summed E-state index contributed by atoms with van der Waals surface area (Å²) in [4.78, 5) is 11.8. The molecule has 122 valence electrons. The molecule has 3 atom stereocenters. The van der Waals surface area contributed by atoms with Gasteiger partial charge in [-0.3, -0.25) is 4.67 Å². The highest BCUT2D eigenvalue weighted by atomic mass is 31.0. The fourth-order valence-electron chi connectivity index (χ4n) is 3.60. The molecule has 0 spiro atoms. The Balaban J connectivity index is 1.68. The van der Waals surface area contributed by atoms with E-state index < -0.39 is 0 Å². The monoisotopic (exact) mass is 338 g/mol. The number of hydrogen-bond donors (Lipinski definition) is 1. The summed E-state index contributed by atoms with van der Waals surface area (Å²) in [6, 6.07) is 6.64. The van der Waals surface area contributed by atoms with Crippen LogP contribution in [0.4, 0.5) is 0 Å². The average molecular weight is 338 g/mol. The van der Waals surface area contributed by atoms with Gasteiger partial charge >= 0.3 is 0 Å². The minimum absolute atomic E-state index is 0.206. The average Bonchev–Trinajstić information content (AvgIpc) is 3.32. The fraction of sp³-hybridized carbons (Fsp3) is 0.353. The lowest BCUT2D eigenvalue weighted by molar-refractivity contribution is 0.346. The smallest absolute Gasteiger partial charge is 0.141 e. The maximum Gasteiger partial charge on any atom is 0.141 e. The second kappa shape index (κ2) is 6.35. The largest absolute Gasteiger partial charge is 0.349 e. The first-order valence-corrected chi connectivity index (χ1v) is 8.60. The highest BCUT2D eigenvalue weighted by Crippen LogP contribution is 2.34. The summed E-state index contributed by atoms with van der Waals surface area (Å²) in [6.07, 6.45) is 9.30. The first kappa shape index (κ1) is 15.3. The summed E-state index contributed by atoms with van der Waals surface area (Å²) in [5.74, 6) is 0.500. The van der Waals surface area contributed by atoms with Crippen molar-refractivity contribution in [2.24, 2.45) is 5.92 Å². The Hall–Kier alpha value is -2.22. The minimum Gasteiger partial charge on any atom is -0.349 e. The van der Waals surface area contributed by atoms with E-state index in [1.165, 1.54) is 0 Å². The predicted molar refractivity (Wildman–Crippen MR) is 96.0 cm³/mol. The Morgan fingerprint density at radius 2 is 2.33 bits per heavy atom. The van der Waals surface area contributed by atoms with Gasteiger partial charge in [-0.05, 0) is 24.5 Å². The molecule has 6 nitrogen and oxygen atoms in total. The lowest BCUT2D eigenvalue weighted by atomic mass is 9.96. The SMILES string of the molecule is N#CCC(C1CCN(P)C1)n1ccc(-c2ncnc3[nH]ccc23)c1. The van der Waals surface area contributed by atoms with E-state index >= 15 is 0 Å². The summed E-state index contributed by atoms with van der Waals surface area (Å²) >= 11 is 0. The number of fused-ring (bicyclic) bond motifs is 1. The molecular weight excluding hydrogens is 319 g/mol. The van der Waals surface area contributed by atoms with Crippen LogP contribution in [0.1, 0.15) is 18.9 Å². The van der Waals surface area contributed by atoms with Gasteiger partial charge < -0.3 is 9.55 Å². The molecule has 0 amide bonds. The molecule has 7 heteroatoms. The second-order valence-corrected chi connectivity index (χ2v) is 7.01. The zero-order valence-corrected chi connectivity index (χ0v) is 14.4. The number of H-pyrrole nitrogens is 1. The fourth-order valence-corrected chi connectivity index (χ4v) is 4.02. The van der Waals surface area contributed by atoms with Gasteiger partial charge in [0.15, 0.2) is 0 Å². The van der Waals surface area contributed by atoms with Gasteiger partial charge in [-0.1, -0.05) is 9.39 Å². The molecule has 0 bridgehead atoms. The Bertz CT molecular complexity index is 892. The Kier molecular flexibility index (Phi) is 4.05. The van der Waals surface area contributed by atoms with Crippen LogP contribution in [0.3, 0.4) is 0 Å². The number of nitriles is 1. The predicted octanol–water partition coefficient (Wildman–Crippen LogP) is 2.99. The van der Waals surface area contributed by atoms with Crippen LogP contribution in [0.2, 0.25) is 0 Å². The third kappa shape index (κ3) is 2.71. The van der Waals surface area contributed by atoms with E-state index in [1.807, 2.05) is 12.3 Å². The van der Waals surface area contributed by atoms with E-state index in [1.54, 1.807) is 6.33 Å². The first-order chi connectivity index (χ1) is 11.8. The second-order valence-electron chi connectivity index (χ2n) is 6.28. The van der Waals surface area contributed by atoms with Crippen molar-refractivity contribution >= 4 is 20.4 Å². The van der Waals surface area contributed by atoms with Crippen molar-refractivity contribution in [3.63, 3.8) is 0 Å². The molecule has 0 saturated carbocycles. The molecule has 0 aromatic carbocycles. The van der Waals surface area contributed by atoms with Gasteiger partial charge in [-0.15, -0.1) is 0 Å². The lowest BCUT2D eigenvalue weighted by Crippen LogP contribution is -2.20. The van der Waals surface area contributed by atoms with Gasteiger partial charge in [0.25, 0.3) is 0 Å². The van der Waals surface area contributed by atoms with E-state index in [2.05, 4.69) is 58.1 Å². The maximum atomic E-state index is 9.25. The van der Waals surface area contributed by atoms with Crippen molar-refractivity contribution in [3.05, 3.63) is 37.1 Å². The van der Waals surface area contributed by atoms with Crippen molar-refractivity contribution in [2.45, 2.75) is 18.9 Å². The minimum atomic E-state index is 0.206. The molecule has 24 heavy (non-hydrogen) atoms. The van der Waals surface area contributed by atoms with Crippen LogP contribution in [-0.4, -0.2) is 37.3 Å². The van der Waals surface area contributed by atoms with Crippen LogP contribution in [0.5, 0.6) is 0 Å². The van der Waals surface area contributed by atoms with Crippen LogP contribution in [0.15, 0.2) is 37.1 Å². The molecule has 1 N–H and O–H groups in total. The van der Waals surface area contributed by atoms with Crippen LogP contribution in [0, 0.1) is 17.2 Å². The van der Waals surface area contributed by atoms with Crippen LogP contribution in [0.25, 0.3) is 22.3 Å². The van der Waals surface area contributed by atoms with Crippen LogP contribution >= 0.6 is 9.39 Å². The van der Waals surface area contributed by atoms with E-state index in [-0.39, 0.29) is 6.04 Å². The Morgan fingerprint density at radius 1 is 1.42 bits per heavy atom. The number of hydrogen-bond acceptors (Lipinski definition) is 4. The normalized spacial score (nSPS) is 19.6. The third-order valence-corrected chi connectivity index (χ3v) is 5.29. The lowest BCUT2D eigenvalue weighted by Gasteiger charge is -2.22. The molecule has 3 aromatic rings. The summed E-state index contributed by atoms with van der Waals surface area (Å²) in [7, 11) is 2.77. The standard InChI is InChI=1S/C17H19N6P/c18-5-1-15(12-4-8-23(24)10-12)22-7-3-13(9-22)16-14-2-6-19-17(14)21-11-20-16/h2-3,6-7,9,11-12,15H,1,4,8,10,24H2,(H,19,20,21). The molecule has 0 radical (unpaired) electrons. The van der Waals surface area contributed by atoms with Crippen molar-refractivity contribution in [1.29, 1.82) is 5.26 Å². The van der Waals surface area contributed by atoms with E-state index in [0.29, 0.717) is 12.3 Å². The number of aromatic amines is 1. The van der Waals surface area contributed by atoms with Crippen molar-refractivity contribution in [3.8, 4) is 17.3 Å². The number of aromatic nitrogens is 4. The molecule has 4 rings (SSSR count).